The van der Waals surface area contributed by atoms with Gasteiger partial charge in [-0.15, -0.1) is 0 Å². The number of sulfonamides is 1. The van der Waals surface area contributed by atoms with Gasteiger partial charge in [0.25, 0.3) is 0 Å². The Balaban J connectivity index is 1.75. The maximum absolute atomic E-state index is 14.2. The molecule has 0 aliphatic heterocycles. The van der Waals surface area contributed by atoms with Crippen LogP contribution in [0.5, 0.6) is 0 Å². The third-order valence-electron chi connectivity index (χ3n) is 7.16. The van der Waals surface area contributed by atoms with Gasteiger partial charge >= 0.3 is 0 Å². The second kappa shape index (κ2) is 13.9. The van der Waals surface area contributed by atoms with Gasteiger partial charge in [0.15, 0.2) is 0 Å². The molecule has 1 N–H and O–H groups in total. The molecule has 3 aromatic rings. The summed E-state index contributed by atoms with van der Waals surface area (Å²) in [5, 5.41) is 4.22. The molecule has 7 nitrogen and oxygen atoms in total. The van der Waals surface area contributed by atoms with Crippen LogP contribution < -0.4 is 9.62 Å². The normalized spacial score (nSPS) is 14.4. The lowest BCUT2D eigenvalue weighted by Crippen LogP contribution is -2.54. The molecular formula is C30H32Cl3N3O4S. The highest BCUT2D eigenvalue weighted by Crippen LogP contribution is 2.28. The highest BCUT2D eigenvalue weighted by Gasteiger charge is 2.35. The summed E-state index contributed by atoms with van der Waals surface area (Å²) in [7, 11) is -3.88. The van der Waals surface area contributed by atoms with Crippen LogP contribution in [0.15, 0.2) is 72.8 Å². The van der Waals surface area contributed by atoms with Gasteiger partial charge in [-0.05, 0) is 54.8 Å². The fourth-order valence-electron chi connectivity index (χ4n) is 5.00. The molecule has 3 aromatic carbocycles. The number of halogens is 3. The van der Waals surface area contributed by atoms with Gasteiger partial charge in [0.2, 0.25) is 21.8 Å². The van der Waals surface area contributed by atoms with E-state index in [9.17, 15) is 18.0 Å². The first-order valence-corrected chi connectivity index (χ1v) is 16.3. The summed E-state index contributed by atoms with van der Waals surface area (Å²) in [6.45, 7) is -0.629. The minimum absolute atomic E-state index is 0.0169. The Kier molecular flexibility index (Phi) is 10.6. The van der Waals surface area contributed by atoms with E-state index >= 15 is 0 Å². The van der Waals surface area contributed by atoms with E-state index < -0.39 is 28.5 Å². The summed E-state index contributed by atoms with van der Waals surface area (Å²) >= 11 is 19.0. The average Bonchev–Trinajstić information content (AvgIpc) is 3.44. The van der Waals surface area contributed by atoms with Crippen LogP contribution >= 0.6 is 34.8 Å². The second-order valence-electron chi connectivity index (χ2n) is 10.2. The van der Waals surface area contributed by atoms with Gasteiger partial charge in [0.05, 0.1) is 11.9 Å². The number of nitrogens with one attached hydrogen (secondary N) is 1. The number of carbonyl (C=O) groups excluding carboxylic acids is 2. The zero-order valence-electron chi connectivity index (χ0n) is 22.6. The highest BCUT2D eigenvalue weighted by molar-refractivity contribution is 7.92. The van der Waals surface area contributed by atoms with E-state index in [1.807, 2.05) is 30.3 Å². The summed E-state index contributed by atoms with van der Waals surface area (Å²) in [5.41, 5.74) is 1.59. The molecular weight excluding hydrogens is 605 g/mol. The zero-order chi connectivity index (χ0) is 29.6. The minimum Gasteiger partial charge on any atom is -0.352 e. The molecule has 0 unspecified atom stereocenters. The summed E-state index contributed by atoms with van der Waals surface area (Å²) in [4.78, 5) is 29.4. The lowest BCUT2D eigenvalue weighted by Gasteiger charge is -2.34. The molecule has 1 fully saturated rings. The van der Waals surface area contributed by atoms with E-state index in [4.69, 9.17) is 34.8 Å². The number of nitrogens with zero attached hydrogens (tertiary/aromatic N) is 2. The largest absolute Gasteiger partial charge is 0.352 e. The Morgan fingerprint density at radius 2 is 1.51 bits per heavy atom. The van der Waals surface area contributed by atoms with E-state index in [0.717, 1.165) is 41.8 Å². The van der Waals surface area contributed by atoms with Crippen molar-refractivity contribution < 1.29 is 18.0 Å². The summed E-state index contributed by atoms with van der Waals surface area (Å²) in [6, 6.07) is 19.6. The van der Waals surface area contributed by atoms with Crippen molar-refractivity contribution >= 4 is 62.3 Å². The Morgan fingerprint density at radius 3 is 2.10 bits per heavy atom. The molecule has 4 rings (SSSR count). The summed E-state index contributed by atoms with van der Waals surface area (Å²) in [5.74, 6) is -0.890. The number of anilines is 1. The fourth-order valence-corrected chi connectivity index (χ4v) is 6.49. The van der Waals surface area contributed by atoms with Crippen LogP contribution in [-0.4, -0.2) is 50.0 Å². The van der Waals surface area contributed by atoms with Crippen LogP contribution in [0, 0.1) is 0 Å². The molecule has 0 aromatic heterocycles. The van der Waals surface area contributed by atoms with E-state index in [2.05, 4.69) is 5.32 Å². The van der Waals surface area contributed by atoms with E-state index in [1.165, 1.54) is 17.0 Å². The Bertz CT molecular complexity index is 1440. The second-order valence-corrected chi connectivity index (χ2v) is 13.3. The van der Waals surface area contributed by atoms with E-state index in [0.29, 0.717) is 20.6 Å². The van der Waals surface area contributed by atoms with Gasteiger partial charge in [-0.2, -0.15) is 0 Å². The summed E-state index contributed by atoms with van der Waals surface area (Å²) < 4.78 is 26.7. The van der Waals surface area contributed by atoms with Gasteiger partial charge in [-0.1, -0.05) is 84.0 Å². The van der Waals surface area contributed by atoms with Crippen LogP contribution in [0.3, 0.4) is 0 Å². The molecule has 0 spiro atoms. The Hall–Kier alpha value is -2.78. The lowest BCUT2D eigenvalue weighted by molar-refractivity contribution is -0.140. The molecule has 1 atom stereocenters. The topological polar surface area (TPSA) is 86.8 Å². The van der Waals surface area contributed by atoms with Crippen LogP contribution in [0.25, 0.3) is 0 Å². The zero-order valence-corrected chi connectivity index (χ0v) is 25.7. The molecule has 11 heteroatoms. The van der Waals surface area contributed by atoms with E-state index in [-0.39, 0.29) is 30.6 Å². The van der Waals surface area contributed by atoms with Crippen molar-refractivity contribution in [2.45, 2.75) is 50.7 Å². The predicted octanol–water partition coefficient (Wildman–Crippen LogP) is 6.11. The smallest absolute Gasteiger partial charge is 0.244 e. The number of benzene rings is 3. The number of rotatable bonds is 11. The van der Waals surface area contributed by atoms with E-state index in [1.54, 1.807) is 30.3 Å². The van der Waals surface area contributed by atoms with Crippen molar-refractivity contribution in [3.05, 3.63) is 99.0 Å². The van der Waals surface area contributed by atoms with Crippen LogP contribution in [0.1, 0.15) is 36.8 Å². The highest BCUT2D eigenvalue weighted by atomic mass is 35.5. The monoisotopic (exact) mass is 635 g/mol. The maximum atomic E-state index is 14.2. The number of amides is 2. The van der Waals surface area contributed by atoms with Crippen molar-refractivity contribution in [2.75, 3.05) is 17.1 Å². The molecule has 2 amide bonds. The number of hydrogen-bond acceptors (Lipinski definition) is 4. The quantitative estimate of drug-likeness (QED) is 0.275. The minimum atomic E-state index is -3.88. The van der Waals surface area contributed by atoms with Crippen LogP contribution in [0.2, 0.25) is 15.1 Å². The Morgan fingerprint density at radius 1 is 0.902 bits per heavy atom. The first kappa shape index (κ1) is 31.2. The predicted molar refractivity (Wildman–Crippen MR) is 165 cm³/mol. The third-order valence-corrected chi connectivity index (χ3v) is 9.26. The SMILES string of the molecule is CS(=O)(=O)N(CC(=O)N(Cc1c(Cl)cccc1Cl)[C@@H](Cc1ccccc1)C(=O)NC1CCCC1)c1ccc(Cl)cc1. The molecule has 41 heavy (non-hydrogen) atoms. The van der Waals surface area contributed by atoms with Crippen molar-refractivity contribution in [2.24, 2.45) is 0 Å². The Labute approximate surface area is 256 Å². The standard InChI is InChI=1S/C30H32Cl3N3O4S/c1-41(39,40)36(24-16-14-22(31)15-17-24)20-29(37)35(19-25-26(32)12-7-13-27(25)33)28(18-21-8-3-2-4-9-21)30(38)34-23-10-5-6-11-23/h2-4,7-9,12-17,23,28H,5-6,10-11,18-20H2,1H3,(H,34,38)/t28-/m0/s1. The van der Waals surface area contributed by atoms with Crippen LogP contribution in [-0.2, 0) is 32.6 Å². The van der Waals surface area contributed by atoms with Crippen molar-refractivity contribution in [1.82, 2.24) is 10.2 Å². The lowest BCUT2D eigenvalue weighted by atomic mass is 10.0. The van der Waals surface area contributed by atoms with Gasteiger partial charge in [-0.25, -0.2) is 8.42 Å². The van der Waals surface area contributed by atoms with Gasteiger partial charge in [0.1, 0.15) is 12.6 Å². The van der Waals surface area contributed by atoms with Gasteiger partial charge < -0.3 is 10.2 Å². The molecule has 0 bridgehead atoms. The van der Waals surface area contributed by atoms with Crippen molar-refractivity contribution in [3.63, 3.8) is 0 Å². The number of hydrogen-bond donors (Lipinski definition) is 1. The third kappa shape index (κ3) is 8.38. The first-order chi connectivity index (χ1) is 19.5. The maximum Gasteiger partial charge on any atom is 0.244 e. The molecule has 1 saturated carbocycles. The van der Waals surface area contributed by atoms with Crippen molar-refractivity contribution in [1.29, 1.82) is 0 Å². The molecule has 218 valence electrons. The number of carbonyl (C=O) groups is 2. The van der Waals surface area contributed by atoms with Crippen LogP contribution in [0.4, 0.5) is 5.69 Å². The average molecular weight is 637 g/mol. The molecule has 1 aliphatic rings. The van der Waals surface area contributed by atoms with Crippen molar-refractivity contribution in [3.8, 4) is 0 Å². The first-order valence-electron chi connectivity index (χ1n) is 13.3. The fraction of sp³-hybridized carbons (Fsp3) is 0.333. The molecule has 0 saturated heterocycles. The molecule has 1 aliphatic carbocycles. The van der Waals surface area contributed by atoms with Gasteiger partial charge in [0, 0.05) is 39.6 Å². The van der Waals surface area contributed by atoms with Gasteiger partial charge in [-0.3, -0.25) is 13.9 Å². The summed E-state index contributed by atoms with van der Waals surface area (Å²) in [6.07, 6.45) is 5.03. The molecule has 0 radical (unpaired) electrons. The molecule has 0 heterocycles.